The maximum Gasteiger partial charge on any atom is 0.416 e. The second kappa shape index (κ2) is 5.17. The van der Waals surface area contributed by atoms with E-state index in [1.54, 1.807) is 18.9 Å². The van der Waals surface area contributed by atoms with Gasteiger partial charge in [0.15, 0.2) is 0 Å². The van der Waals surface area contributed by atoms with Crippen molar-refractivity contribution in [2.75, 3.05) is 17.7 Å². The minimum Gasteiger partial charge on any atom is -0.397 e. The van der Waals surface area contributed by atoms with Crippen molar-refractivity contribution in [1.82, 2.24) is 0 Å². The summed E-state index contributed by atoms with van der Waals surface area (Å²) in [6, 6.07) is 5.11. The number of hydrogen-bond acceptors (Lipinski definition) is 3. The molecule has 0 saturated heterocycles. The van der Waals surface area contributed by atoms with Crippen molar-refractivity contribution in [2.45, 2.75) is 25.6 Å². The number of hydrogen-bond donors (Lipinski definition) is 1. The summed E-state index contributed by atoms with van der Waals surface area (Å²) in [4.78, 5) is 1.69. The molecule has 0 heterocycles. The van der Waals surface area contributed by atoms with Crippen LogP contribution in [0, 0.1) is 11.3 Å². The summed E-state index contributed by atoms with van der Waals surface area (Å²) in [5, 5.41) is 8.60. The zero-order valence-electron chi connectivity index (χ0n) is 10.1. The van der Waals surface area contributed by atoms with Crippen LogP contribution in [0.15, 0.2) is 18.2 Å². The summed E-state index contributed by atoms with van der Waals surface area (Å²) in [5.74, 6) is 0. The number of nitrogen functional groups attached to an aromatic ring is 1. The fourth-order valence-electron chi connectivity index (χ4n) is 1.56. The highest BCUT2D eigenvalue weighted by molar-refractivity contribution is 5.68. The molecule has 3 nitrogen and oxygen atoms in total. The second-order valence-electron chi connectivity index (χ2n) is 4.09. The van der Waals surface area contributed by atoms with E-state index in [4.69, 9.17) is 11.0 Å². The minimum absolute atomic E-state index is 0.0529. The van der Waals surface area contributed by atoms with Gasteiger partial charge in [0.05, 0.1) is 29.4 Å². The van der Waals surface area contributed by atoms with E-state index < -0.39 is 11.7 Å². The first kappa shape index (κ1) is 14.2. The maximum absolute atomic E-state index is 12.5. The standard InChI is InChI=1S/C12H14F3N3/c1-8(5-6-16)18(2)11-4-3-9(7-10(11)17)12(13,14)15/h3-4,7-8H,5,17H2,1-2H3. The summed E-state index contributed by atoms with van der Waals surface area (Å²) in [6.07, 6.45) is -4.12. The van der Waals surface area contributed by atoms with Crippen molar-refractivity contribution < 1.29 is 13.2 Å². The van der Waals surface area contributed by atoms with Gasteiger partial charge in [-0.25, -0.2) is 0 Å². The van der Waals surface area contributed by atoms with Gasteiger partial charge in [-0.05, 0) is 25.1 Å². The molecule has 0 aliphatic carbocycles. The van der Waals surface area contributed by atoms with Crippen LogP contribution in [0.5, 0.6) is 0 Å². The second-order valence-corrected chi connectivity index (χ2v) is 4.09. The highest BCUT2D eigenvalue weighted by Gasteiger charge is 2.31. The van der Waals surface area contributed by atoms with E-state index in [9.17, 15) is 13.2 Å². The van der Waals surface area contributed by atoms with Gasteiger partial charge in [0, 0.05) is 13.1 Å². The first-order chi connectivity index (χ1) is 8.27. The van der Waals surface area contributed by atoms with Crippen molar-refractivity contribution in [3.63, 3.8) is 0 Å². The summed E-state index contributed by atoms with van der Waals surface area (Å²) in [6.45, 7) is 1.81. The van der Waals surface area contributed by atoms with Gasteiger partial charge in [0.25, 0.3) is 0 Å². The molecule has 98 valence electrons. The van der Waals surface area contributed by atoms with E-state index in [0.29, 0.717) is 5.69 Å². The average molecular weight is 257 g/mol. The number of nitrogens with two attached hydrogens (primary N) is 1. The lowest BCUT2D eigenvalue weighted by molar-refractivity contribution is -0.137. The number of rotatable bonds is 3. The van der Waals surface area contributed by atoms with Crippen molar-refractivity contribution >= 4 is 11.4 Å². The van der Waals surface area contributed by atoms with Crippen LogP contribution in [-0.4, -0.2) is 13.1 Å². The fraction of sp³-hybridized carbons (Fsp3) is 0.417. The highest BCUT2D eigenvalue weighted by Crippen LogP contribution is 2.34. The number of nitriles is 1. The van der Waals surface area contributed by atoms with E-state index in [-0.39, 0.29) is 18.2 Å². The molecular formula is C12H14F3N3. The Morgan fingerprint density at radius 1 is 1.44 bits per heavy atom. The molecule has 0 aliphatic rings. The Morgan fingerprint density at radius 3 is 2.50 bits per heavy atom. The molecule has 1 unspecified atom stereocenters. The van der Waals surface area contributed by atoms with Gasteiger partial charge >= 0.3 is 6.18 Å². The van der Waals surface area contributed by atoms with Gasteiger partial charge in [-0.15, -0.1) is 0 Å². The lowest BCUT2D eigenvalue weighted by Gasteiger charge is -2.27. The zero-order valence-corrected chi connectivity index (χ0v) is 10.1. The van der Waals surface area contributed by atoms with E-state index in [1.807, 2.05) is 6.07 Å². The Bertz CT molecular complexity index is 463. The average Bonchev–Trinajstić information content (AvgIpc) is 2.27. The summed E-state index contributed by atoms with van der Waals surface area (Å²) < 4.78 is 37.4. The molecule has 0 aromatic heterocycles. The Labute approximate surface area is 104 Å². The summed E-state index contributed by atoms with van der Waals surface area (Å²) in [5.41, 5.74) is 5.40. The molecule has 0 radical (unpaired) electrons. The third-order valence-electron chi connectivity index (χ3n) is 2.78. The number of nitrogens with zero attached hydrogens (tertiary/aromatic N) is 2. The van der Waals surface area contributed by atoms with E-state index in [0.717, 1.165) is 12.1 Å². The molecule has 0 spiro atoms. The highest BCUT2D eigenvalue weighted by atomic mass is 19.4. The van der Waals surface area contributed by atoms with Crippen LogP contribution < -0.4 is 10.6 Å². The Balaban J connectivity index is 3.03. The molecule has 0 bridgehead atoms. The molecule has 0 fully saturated rings. The molecule has 1 rings (SSSR count). The van der Waals surface area contributed by atoms with E-state index in [1.165, 1.54) is 6.07 Å². The lowest BCUT2D eigenvalue weighted by atomic mass is 10.1. The van der Waals surface area contributed by atoms with Crippen LogP contribution in [0.2, 0.25) is 0 Å². The topological polar surface area (TPSA) is 53.0 Å². The maximum atomic E-state index is 12.5. The van der Waals surface area contributed by atoms with Crippen LogP contribution in [-0.2, 0) is 6.18 Å². The minimum atomic E-state index is -4.40. The number of benzene rings is 1. The number of anilines is 2. The van der Waals surface area contributed by atoms with E-state index >= 15 is 0 Å². The smallest absolute Gasteiger partial charge is 0.397 e. The monoisotopic (exact) mass is 257 g/mol. The van der Waals surface area contributed by atoms with Gasteiger partial charge in [-0.3, -0.25) is 0 Å². The molecule has 0 aliphatic heterocycles. The Morgan fingerprint density at radius 2 is 2.06 bits per heavy atom. The van der Waals surface area contributed by atoms with Crippen LogP contribution in [0.25, 0.3) is 0 Å². The predicted molar refractivity (Wildman–Crippen MR) is 64.0 cm³/mol. The first-order valence-corrected chi connectivity index (χ1v) is 5.34. The predicted octanol–water partition coefficient (Wildman–Crippen LogP) is 3.03. The van der Waals surface area contributed by atoms with Crippen molar-refractivity contribution in [1.29, 1.82) is 5.26 Å². The molecule has 1 aromatic carbocycles. The third-order valence-corrected chi connectivity index (χ3v) is 2.78. The Kier molecular flexibility index (Phi) is 4.07. The largest absolute Gasteiger partial charge is 0.416 e. The third kappa shape index (κ3) is 3.06. The quantitative estimate of drug-likeness (QED) is 0.847. The van der Waals surface area contributed by atoms with Gasteiger partial charge in [-0.2, -0.15) is 18.4 Å². The van der Waals surface area contributed by atoms with Gasteiger partial charge < -0.3 is 10.6 Å². The van der Waals surface area contributed by atoms with Crippen LogP contribution in [0.4, 0.5) is 24.5 Å². The normalized spacial score (nSPS) is 12.9. The SMILES string of the molecule is CC(CC#N)N(C)c1ccc(C(F)(F)F)cc1N. The molecule has 1 atom stereocenters. The molecule has 6 heteroatoms. The van der Waals surface area contributed by atoms with E-state index in [2.05, 4.69) is 0 Å². The number of halogens is 3. The van der Waals surface area contributed by atoms with Crippen molar-refractivity contribution in [3.05, 3.63) is 23.8 Å². The fourth-order valence-corrected chi connectivity index (χ4v) is 1.56. The molecule has 0 amide bonds. The molecule has 2 N–H and O–H groups in total. The zero-order chi connectivity index (χ0) is 13.9. The molecule has 0 saturated carbocycles. The van der Waals surface area contributed by atoms with Gasteiger partial charge in [0.1, 0.15) is 0 Å². The van der Waals surface area contributed by atoms with Crippen molar-refractivity contribution in [3.8, 4) is 6.07 Å². The van der Waals surface area contributed by atoms with Crippen LogP contribution in [0.3, 0.4) is 0 Å². The van der Waals surface area contributed by atoms with Crippen molar-refractivity contribution in [2.24, 2.45) is 0 Å². The number of alkyl halides is 3. The molecule has 18 heavy (non-hydrogen) atoms. The van der Waals surface area contributed by atoms with Gasteiger partial charge in [0.2, 0.25) is 0 Å². The van der Waals surface area contributed by atoms with Crippen LogP contribution in [0.1, 0.15) is 18.9 Å². The Hall–Kier alpha value is -1.90. The summed E-state index contributed by atoms with van der Waals surface area (Å²) >= 11 is 0. The summed E-state index contributed by atoms with van der Waals surface area (Å²) in [7, 11) is 1.70. The first-order valence-electron chi connectivity index (χ1n) is 5.34. The van der Waals surface area contributed by atoms with Gasteiger partial charge in [-0.1, -0.05) is 0 Å². The molecular weight excluding hydrogens is 243 g/mol. The lowest BCUT2D eigenvalue weighted by Crippen LogP contribution is -2.29. The van der Waals surface area contributed by atoms with Crippen LogP contribution >= 0.6 is 0 Å². The molecule has 1 aromatic rings.